The topological polar surface area (TPSA) is 50.8 Å². The Morgan fingerprint density at radius 1 is 1.53 bits per heavy atom. The molecule has 0 bridgehead atoms. The molecule has 0 fully saturated rings. The Morgan fingerprint density at radius 3 is 3.24 bits per heavy atom. The fourth-order valence-corrected chi connectivity index (χ4v) is 2.61. The Balaban J connectivity index is 1.90. The van der Waals surface area contributed by atoms with Gasteiger partial charge in [-0.05, 0) is 30.2 Å². The van der Waals surface area contributed by atoms with Crippen LogP contribution in [0.2, 0.25) is 0 Å². The Bertz CT molecular complexity index is 470. The van der Waals surface area contributed by atoms with Gasteiger partial charge in [-0.3, -0.25) is 4.99 Å². The number of nitrogens with zero attached hydrogens (tertiary/aromatic N) is 2. The van der Waals surface area contributed by atoms with E-state index in [-0.39, 0.29) is 0 Å². The Morgan fingerprint density at radius 2 is 2.41 bits per heavy atom. The third-order valence-electron chi connectivity index (χ3n) is 3.54. The van der Waals surface area contributed by atoms with Crippen molar-refractivity contribution < 1.29 is 4.74 Å². The fraction of sp³-hybridized carbons (Fsp3) is 0.462. The van der Waals surface area contributed by atoms with Crippen LogP contribution in [-0.4, -0.2) is 30.6 Å². The summed E-state index contributed by atoms with van der Waals surface area (Å²) in [4.78, 5) is 6.48. The van der Waals surface area contributed by atoms with E-state index in [1.54, 1.807) is 0 Å². The molecule has 1 aromatic rings. The number of likely N-dealkylation sites (N-methyl/N-ethyl adjacent to an activating group) is 1. The monoisotopic (exact) mass is 231 g/mol. The van der Waals surface area contributed by atoms with Crippen LogP contribution in [-0.2, 0) is 6.42 Å². The highest BCUT2D eigenvalue weighted by molar-refractivity contribution is 5.80. The molecule has 1 aromatic carbocycles. The first kappa shape index (κ1) is 10.4. The molecule has 1 unspecified atom stereocenters. The van der Waals surface area contributed by atoms with Crippen LogP contribution < -0.4 is 10.5 Å². The second kappa shape index (κ2) is 3.95. The molecule has 2 N–H and O–H groups in total. The molecule has 0 amide bonds. The van der Waals surface area contributed by atoms with E-state index in [1.807, 2.05) is 0 Å². The summed E-state index contributed by atoms with van der Waals surface area (Å²) in [5, 5.41) is 0. The number of rotatable bonds is 2. The molecule has 0 radical (unpaired) electrons. The van der Waals surface area contributed by atoms with Gasteiger partial charge in [0.05, 0.1) is 19.2 Å². The summed E-state index contributed by atoms with van der Waals surface area (Å²) in [6, 6.07) is 6.74. The van der Waals surface area contributed by atoms with Crippen molar-refractivity contribution in [3.05, 3.63) is 29.3 Å². The molecule has 4 nitrogen and oxygen atoms in total. The van der Waals surface area contributed by atoms with E-state index in [2.05, 4.69) is 35.0 Å². The number of aliphatic imine (C=N–C) groups is 1. The third kappa shape index (κ3) is 1.64. The van der Waals surface area contributed by atoms with Gasteiger partial charge in [0.25, 0.3) is 0 Å². The van der Waals surface area contributed by atoms with Gasteiger partial charge in [0.1, 0.15) is 5.75 Å². The summed E-state index contributed by atoms with van der Waals surface area (Å²) >= 11 is 0. The molecule has 3 rings (SSSR count). The number of benzene rings is 1. The van der Waals surface area contributed by atoms with E-state index in [0.29, 0.717) is 12.0 Å². The standard InChI is InChI=1S/C13H17N3O/c1-2-16-11(8-15-13(16)14)9-3-4-12-10(7-9)5-6-17-12/h3-4,7,11H,2,5-6,8H2,1H3,(H2,14,15). The summed E-state index contributed by atoms with van der Waals surface area (Å²) in [6.07, 6.45) is 1.01. The van der Waals surface area contributed by atoms with Crippen LogP contribution in [0.5, 0.6) is 5.75 Å². The predicted octanol–water partition coefficient (Wildman–Crippen LogP) is 1.31. The molecule has 0 saturated heterocycles. The van der Waals surface area contributed by atoms with Crippen LogP contribution in [0.1, 0.15) is 24.1 Å². The molecule has 4 heteroatoms. The zero-order valence-electron chi connectivity index (χ0n) is 10.0. The largest absolute Gasteiger partial charge is 0.493 e. The second-order valence-electron chi connectivity index (χ2n) is 4.47. The summed E-state index contributed by atoms with van der Waals surface area (Å²) < 4.78 is 5.52. The molecule has 17 heavy (non-hydrogen) atoms. The van der Waals surface area contributed by atoms with E-state index in [4.69, 9.17) is 10.5 Å². The van der Waals surface area contributed by atoms with Crippen LogP contribution >= 0.6 is 0 Å². The fourth-order valence-electron chi connectivity index (χ4n) is 2.61. The highest BCUT2D eigenvalue weighted by Crippen LogP contribution is 2.31. The number of ether oxygens (including phenoxy) is 1. The van der Waals surface area contributed by atoms with Crippen molar-refractivity contribution in [3.63, 3.8) is 0 Å². The van der Waals surface area contributed by atoms with Gasteiger partial charge in [-0.1, -0.05) is 6.07 Å². The lowest BCUT2D eigenvalue weighted by atomic mass is 10.0. The van der Waals surface area contributed by atoms with E-state index in [9.17, 15) is 0 Å². The first-order chi connectivity index (χ1) is 8.29. The van der Waals surface area contributed by atoms with Crippen molar-refractivity contribution in [2.24, 2.45) is 10.7 Å². The van der Waals surface area contributed by atoms with Gasteiger partial charge in [-0.15, -0.1) is 0 Å². The third-order valence-corrected chi connectivity index (χ3v) is 3.54. The highest BCUT2D eigenvalue weighted by atomic mass is 16.5. The van der Waals surface area contributed by atoms with Gasteiger partial charge in [-0.2, -0.15) is 0 Å². The normalized spacial score (nSPS) is 22.3. The zero-order valence-corrected chi connectivity index (χ0v) is 10.0. The molecule has 2 aliphatic rings. The number of hydrogen-bond donors (Lipinski definition) is 1. The van der Waals surface area contributed by atoms with Crippen LogP contribution in [0.4, 0.5) is 0 Å². The number of hydrogen-bond acceptors (Lipinski definition) is 4. The zero-order chi connectivity index (χ0) is 11.8. The van der Waals surface area contributed by atoms with Gasteiger partial charge in [-0.25, -0.2) is 0 Å². The van der Waals surface area contributed by atoms with Gasteiger partial charge in [0.15, 0.2) is 5.96 Å². The number of nitrogens with two attached hydrogens (primary N) is 1. The molecule has 1 atom stereocenters. The van der Waals surface area contributed by atoms with Crippen molar-refractivity contribution in [2.75, 3.05) is 19.7 Å². The van der Waals surface area contributed by atoms with Crippen molar-refractivity contribution in [3.8, 4) is 5.75 Å². The van der Waals surface area contributed by atoms with Gasteiger partial charge < -0.3 is 15.4 Å². The summed E-state index contributed by atoms with van der Waals surface area (Å²) in [5.74, 6) is 1.69. The Hall–Kier alpha value is -1.71. The Kier molecular flexibility index (Phi) is 2.42. The van der Waals surface area contributed by atoms with E-state index in [1.165, 1.54) is 11.1 Å². The molecule has 0 aliphatic carbocycles. The van der Waals surface area contributed by atoms with Crippen LogP contribution in [0.25, 0.3) is 0 Å². The molecular weight excluding hydrogens is 214 g/mol. The summed E-state index contributed by atoms with van der Waals surface area (Å²) in [6.45, 7) is 4.57. The highest BCUT2D eigenvalue weighted by Gasteiger charge is 2.27. The van der Waals surface area contributed by atoms with Crippen molar-refractivity contribution >= 4 is 5.96 Å². The maximum Gasteiger partial charge on any atom is 0.191 e. The van der Waals surface area contributed by atoms with Crippen LogP contribution in [0.15, 0.2) is 23.2 Å². The van der Waals surface area contributed by atoms with Gasteiger partial charge in [0.2, 0.25) is 0 Å². The van der Waals surface area contributed by atoms with Gasteiger partial charge >= 0.3 is 0 Å². The molecule has 2 heterocycles. The first-order valence-corrected chi connectivity index (χ1v) is 6.11. The molecule has 0 spiro atoms. The number of fused-ring (bicyclic) bond motifs is 1. The second-order valence-corrected chi connectivity index (χ2v) is 4.47. The van der Waals surface area contributed by atoms with Gasteiger partial charge in [0, 0.05) is 13.0 Å². The lowest BCUT2D eigenvalue weighted by Crippen LogP contribution is -2.35. The van der Waals surface area contributed by atoms with Crippen LogP contribution in [0.3, 0.4) is 0 Å². The SMILES string of the molecule is CCN1C(N)=NCC1c1ccc2c(c1)CCO2. The van der Waals surface area contributed by atoms with E-state index < -0.39 is 0 Å². The van der Waals surface area contributed by atoms with E-state index >= 15 is 0 Å². The molecule has 0 aromatic heterocycles. The Labute approximate surface area is 101 Å². The summed E-state index contributed by atoms with van der Waals surface area (Å²) in [7, 11) is 0. The maximum atomic E-state index is 5.88. The van der Waals surface area contributed by atoms with Crippen molar-refractivity contribution in [2.45, 2.75) is 19.4 Å². The average Bonchev–Trinajstić information content (AvgIpc) is 2.93. The minimum Gasteiger partial charge on any atom is -0.493 e. The molecule has 0 saturated carbocycles. The predicted molar refractivity (Wildman–Crippen MR) is 67.3 cm³/mol. The minimum absolute atomic E-state index is 0.297. The molecular formula is C13H17N3O. The number of guanidine groups is 1. The molecule has 2 aliphatic heterocycles. The first-order valence-electron chi connectivity index (χ1n) is 6.11. The minimum atomic E-state index is 0.297. The van der Waals surface area contributed by atoms with Crippen molar-refractivity contribution in [1.29, 1.82) is 0 Å². The smallest absolute Gasteiger partial charge is 0.191 e. The summed E-state index contributed by atoms with van der Waals surface area (Å²) in [5.41, 5.74) is 8.48. The maximum absolute atomic E-state index is 5.88. The lowest BCUT2D eigenvalue weighted by Gasteiger charge is -2.25. The van der Waals surface area contributed by atoms with E-state index in [0.717, 1.165) is 31.9 Å². The van der Waals surface area contributed by atoms with Crippen LogP contribution in [0, 0.1) is 0 Å². The average molecular weight is 231 g/mol. The molecule has 90 valence electrons. The lowest BCUT2D eigenvalue weighted by molar-refractivity contribution is 0.355. The van der Waals surface area contributed by atoms with Crippen molar-refractivity contribution in [1.82, 2.24) is 4.90 Å². The quantitative estimate of drug-likeness (QED) is 0.835.